The molecule has 30 heavy (non-hydrogen) atoms. The first-order valence-corrected chi connectivity index (χ1v) is 9.88. The summed E-state index contributed by atoms with van der Waals surface area (Å²) in [4.78, 5) is 48.0. The Bertz CT molecular complexity index is 573. The number of carbonyl (C=O) groups is 4. The first kappa shape index (κ1) is 27.7. The zero-order valence-electron chi connectivity index (χ0n) is 17.5. The van der Waals surface area contributed by atoms with Crippen LogP contribution >= 0.6 is 0 Å². The Morgan fingerprint density at radius 2 is 1.33 bits per heavy atom. The fourth-order valence-electron chi connectivity index (χ4n) is 2.55. The molecule has 174 valence electrons. The highest BCUT2D eigenvalue weighted by Crippen LogP contribution is 2.06. The van der Waals surface area contributed by atoms with E-state index in [9.17, 15) is 24.3 Å². The summed E-state index contributed by atoms with van der Waals surface area (Å²) in [6.07, 6.45) is 1.86. The van der Waals surface area contributed by atoms with Crippen LogP contribution in [-0.4, -0.2) is 82.9 Å². The van der Waals surface area contributed by atoms with Gasteiger partial charge in [0.1, 0.15) is 18.1 Å². The molecule has 0 saturated heterocycles. The van der Waals surface area contributed by atoms with Crippen molar-refractivity contribution < 1.29 is 34.5 Å². The molecule has 0 aromatic carbocycles. The second kappa shape index (κ2) is 14.7. The van der Waals surface area contributed by atoms with Gasteiger partial charge in [-0.25, -0.2) is 4.79 Å². The standard InChI is InChI=1S/C18H35N5O7/c1-10(2)7-12(16(27)23-14(9-25)18(29)30)21-17(28)13(8-24)22-15(26)11(20)5-3-4-6-19/h10-14,24-25H,3-9,19-20H2,1-2H3,(H,21,28)(H,22,26)(H,23,27)(H,29,30). The number of aliphatic hydroxyl groups is 2. The fraction of sp³-hybridized carbons (Fsp3) is 0.778. The van der Waals surface area contributed by atoms with E-state index in [1.54, 1.807) is 13.8 Å². The maximum absolute atomic E-state index is 12.5. The zero-order valence-corrected chi connectivity index (χ0v) is 17.5. The van der Waals surface area contributed by atoms with Crippen LogP contribution in [0.3, 0.4) is 0 Å². The largest absolute Gasteiger partial charge is 0.480 e. The fourth-order valence-corrected chi connectivity index (χ4v) is 2.55. The van der Waals surface area contributed by atoms with Gasteiger partial charge >= 0.3 is 5.97 Å². The number of aliphatic carboxylic acids is 1. The van der Waals surface area contributed by atoms with E-state index < -0.39 is 61.1 Å². The van der Waals surface area contributed by atoms with E-state index in [0.29, 0.717) is 25.8 Å². The molecule has 0 aromatic rings. The number of carboxylic acids is 1. The van der Waals surface area contributed by atoms with E-state index in [2.05, 4.69) is 16.0 Å². The predicted octanol–water partition coefficient (Wildman–Crippen LogP) is -2.99. The Morgan fingerprint density at radius 1 is 0.833 bits per heavy atom. The summed E-state index contributed by atoms with van der Waals surface area (Å²) in [5.74, 6) is -3.73. The van der Waals surface area contributed by atoms with Crippen molar-refractivity contribution in [1.82, 2.24) is 16.0 Å². The van der Waals surface area contributed by atoms with Crippen LogP contribution in [0.15, 0.2) is 0 Å². The number of carboxylic acid groups (broad SMARTS) is 1. The second-order valence-corrected chi connectivity index (χ2v) is 7.41. The number of amides is 3. The average molecular weight is 434 g/mol. The molecule has 0 aromatic heterocycles. The molecule has 10 N–H and O–H groups in total. The molecule has 0 radical (unpaired) electrons. The number of aliphatic hydroxyl groups excluding tert-OH is 2. The Morgan fingerprint density at radius 3 is 1.80 bits per heavy atom. The Hall–Kier alpha value is -2.28. The van der Waals surface area contributed by atoms with Crippen molar-refractivity contribution in [1.29, 1.82) is 0 Å². The lowest BCUT2D eigenvalue weighted by Crippen LogP contribution is -2.58. The summed E-state index contributed by atoms with van der Waals surface area (Å²) in [5, 5.41) is 34.4. The third kappa shape index (κ3) is 10.5. The maximum Gasteiger partial charge on any atom is 0.328 e. The van der Waals surface area contributed by atoms with Crippen LogP contribution in [0.2, 0.25) is 0 Å². The van der Waals surface area contributed by atoms with Crippen LogP contribution in [0.4, 0.5) is 0 Å². The summed E-state index contributed by atoms with van der Waals surface area (Å²) in [6.45, 7) is 2.50. The number of carbonyl (C=O) groups excluding carboxylic acids is 3. The third-order valence-electron chi connectivity index (χ3n) is 4.26. The molecular weight excluding hydrogens is 398 g/mol. The second-order valence-electron chi connectivity index (χ2n) is 7.41. The number of unbranched alkanes of at least 4 members (excludes halogenated alkanes) is 1. The van der Waals surface area contributed by atoms with Gasteiger partial charge in [-0.05, 0) is 31.7 Å². The molecule has 0 rings (SSSR count). The van der Waals surface area contributed by atoms with Gasteiger partial charge in [-0.1, -0.05) is 20.3 Å². The SMILES string of the molecule is CC(C)CC(NC(=O)C(CO)NC(=O)C(N)CCCCN)C(=O)NC(CO)C(=O)O. The molecule has 4 unspecified atom stereocenters. The first-order valence-electron chi connectivity index (χ1n) is 9.88. The normalized spacial score (nSPS) is 15.0. The summed E-state index contributed by atoms with van der Waals surface area (Å²) in [7, 11) is 0. The summed E-state index contributed by atoms with van der Waals surface area (Å²) in [5.41, 5.74) is 11.2. The van der Waals surface area contributed by atoms with E-state index in [0.717, 1.165) is 0 Å². The number of nitrogens with one attached hydrogen (secondary N) is 3. The van der Waals surface area contributed by atoms with Crippen molar-refractivity contribution >= 4 is 23.7 Å². The molecule has 12 heteroatoms. The van der Waals surface area contributed by atoms with Gasteiger partial charge in [-0.15, -0.1) is 0 Å². The summed E-state index contributed by atoms with van der Waals surface area (Å²) in [6, 6.07) is -4.87. The molecule has 0 saturated carbocycles. The van der Waals surface area contributed by atoms with Crippen molar-refractivity contribution in [2.75, 3.05) is 19.8 Å². The zero-order chi connectivity index (χ0) is 23.3. The van der Waals surface area contributed by atoms with Crippen LogP contribution in [0.1, 0.15) is 39.5 Å². The highest BCUT2D eigenvalue weighted by atomic mass is 16.4. The monoisotopic (exact) mass is 433 g/mol. The topological polar surface area (TPSA) is 217 Å². The van der Waals surface area contributed by atoms with Crippen molar-refractivity contribution in [3.8, 4) is 0 Å². The number of nitrogens with two attached hydrogens (primary N) is 2. The Balaban J connectivity index is 5.06. The average Bonchev–Trinajstić information content (AvgIpc) is 2.68. The minimum atomic E-state index is -1.52. The molecule has 0 bridgehead atoms. The smallest absolute Gasteiger partial charge is 0.328 e. The summed E-state index contributed by atoms with van der Waals surface area (Å²) >= 11 is 0. The van der Waals surface area contributed by atoms with Crippen LogP contribution in [-0.2, 0) is 19.2 Å². The van der Waals surface area contributed by atoms with E-state index in [4.69, 9.17) is 21.7 Å². The van der Waals surface area contributed by atoms with Gasteiger partial charge in [0.05, 0.1) is 19.3 Å². The lowest BCUT2D eigenvalue weighted by Gasteiger charge is -2.25. The maximum atomic E-state index is 12.5. The van der Waals surface area contributed by atoms with Gasteiger partial charge in [0.15, 0.2) is 0 Å². The van der Waals surface area contributed by atoms with Crippen molar-refractivity contribution in [2.24, 2.45) is 17.4 Å². The van der Waals surface area contributed by atoms with Gasteiger partial charge in [0.2, 0.25) is 17.7 Å². The van der Waals surface area contributed by atoms with Gasteiger partial charge in [0, 0.05) is 0 Å². The van der Waals surface area contributed by atoms with E-state index in [1.807, 2.05) is 0 Å². The lowest BCUT2D eigenvalue weighted by molar-refractivity contribution is -0.143. The minimum Gasteiger partial charge on any atom is -0.480 e. The molecule has 4 atom stereocenters. The molecule has 0 fully saturated rings. The van der Waals surface area contributed by atoms with E-state index in [1.165, 1.54) is 0 Å². The minimum absolute atomic E-state index is 0.0448. The molecule has 0 aliphatic rings. The van der Waals surface area contributed by atoms with Crippen LogP contribution in [0.25, 0.3) is 0 Å². The molecule has 0 spiro atoms. The summed E-state index contributed by atoms with van der Waals surface area (Å²) < 4.78 is 0. The number of hydrogen-bond acceptors (Lipinski definition) is 8. The molecule has 3 amide bonds. The van der Waals surface area contributed by atoms with Crippen molar-refractivity contribution in [3.63, 3.8) is 0 Å². The lowest BCUT2D eigenvalue weighted by atomic mass is 10.0. The van der Waals surface area contributed by atoms with Crippen molar-refractivity contribution in [2.45, 2.75) is 63.7 Å². The predicted molar refractivity (Wildman–Crippen MR) is 108 cm³/mol. The van der Waals surface area contributed by atoms with Gasteiger partial charge < -0.3 is 42.7 Å². The number of rotatable bonds is 15. The molecule has 0 aliphatic heterocycles. The highest BCUT2D eigenvalue weighted by Gasteiger charge is 2.30. The third-order valence-corrected chi connectivity index (χ3v) is 4.26. The van der Waals surface area contributed by atoms with Gasteiger partial charge in [0.25, 0.3) is 0 Å². The Kier molecular flexibility index (Phi) is 13.5. The Labute approximate surface area is 175 Å². The van der Waals surface area contributed by atoms with E-state index >= 15 is 0 Å². The van der Waals surface area contributed by atoms with Gasteiger partial charge in [-0.3, -0.25) is 14.4 Å². The highest BCUT2D eigenvalue weighted by molar-refractivity contribution is 5.94. The van der Waals surface area contributed by atoms with Crippen molar-refractivity contribution in [3.05, 3.63) is 0 Å². The molecule has 0 heterocycles. The molecular formula is C18H35N5O7. The first-order chi connectivity index (χ1) is 14.1. The number of hydrogen-bond donors (Lipinski definition) is 8. The van der Waals surface area contributed by atoms with Crippen LogP contribution in [0.5, 0.6) is 0 Å². The van der Waals surface area contributed by atoms with Crippen LogP contribution < -0.4 is 27.4 Å². The quantitative estimate of drug-likeness (QED) is 0.123. The molecule has 0 aliphatic carbocycles. The molecule has 12 nitrogen and oxygen atoms in total. The van der Waals surface area contributed by atoms with E-state index in [-0.39, 0.29) is 12.3 Å². The van der Waals surface area contributed by atoms with Gasteiger partial charge in [-0.2, -0.15) is 0 Å². The van der Waals surface area contributed by atoms with Crippen LogP contribution in [0, 0.1) is 5.92 Å².